The molecule has 4 heteroatoms. The third-order valence-electron chi connectivity index (χ3n) is 4.12. The van der Waals surface area contributed by atoms with E-state index in [9.17, 15) is 13.2 Å². The highest BCUT2D eigenvalue weighted by atomic mass is 19.4. The molecule has 110 valence electrons. The van der Waals surface area contributed by atoms with Gasteiger partial charge in [-0.2, -0.15) is 13.2 Å². The number of halogens is 3. The molecule has 1 heterocycles. The summed E-state index contributed by atoms with van der Waals surface area (Å²) in [5.74, 6) is 0. The molecular formula is C17H16F3N. The lowest BCUT2D eigenvalue weighted by atomic mass is 9.95. The van der Waals surface area contributed by atoms with Crippen LogP contribution in [0.5, 0.6) is 0 Å². The van der Waals surface area contributed by atoms with Crippen LogP contribution in [0.2, 0.25) is 0 Å². The van der Waals surface area contributed by atoms with Crippen molar-refractivity contribution in [1.29, 1.82) is 0 Å². The molecule has 1 atom stereocenters. The Balaban J connectivity index is 2.03. The maximum absolute atomic E-state index is 13.2. The van der Waals surface area contributed by atoms with Gasteiger partial charge in [0.2, 0.25) is 0 Å². The maximum Gasteiger partial charge on any atom is 0.416 e. The summed E-state index contributed by atoms with van der Waals surface area (Å²) >= 11 is 0. The van der Waals surface area contributed by atoms with Gasteiger partial charge in [-0.25, -0.2) is 0 Å². The number of aryl methyl sites for hydroxylation is 2. The van der Waals surface area contributed by atoms with E-state index in [-0.39, 0.29) is 6.04 Å². The monoisotopic (exact) mass is 291 g/mol. The molecule has 21 heavy (non-hydrogen) atoms. The number of benzene rings is 2. The number of hydrogen-bond donors (Lipinski definition) is 1. The smallest absolute Gasteiger partial charge is 0.377 e. The van der Waals surface area contributed by atoms with Crippen LogP contribution in [-0.4, -0.2) is 0 Å². The van der Waals surface area contributed by atoms with Crippen molar-refractivity contribution >= 4 is 5.69 Å². The van der Waals surface area contributed by atoms with E-state index in [0.29, 0.717) is 12.0 Å². The van der Waals surface area contributed by atoms with Gasteiger partial charge in [0, 0.05) is 5.69 Å². The van der Waals surface area contributed by atoms with Crippen LogP contribution in [0.25, 0.3) is 0 Å². The van der Waals surface area contributed by atoms with E-state index in [1.54, 1.807) is 12.1 Å². The highest BCUT2D eigenvalue weighted by Gasteiger charge is 2.36. The minimum atomic E-state index is -4.32. The van der Waals surface area contributed by atoms with Gasteiger partial charge in [0.25, 0.3) is 0 Å². The van der Waals surface area contributed by atoms with Crippen LogP contribution in [0.3, 0.4) is 0 Å². The molecule has 0 saturated heterocycles. The molecule has 0 saturated carbocycles. The van der Waals surface area contributed by atoms with Crippen LogP contribution in [0.4, 0.5) is 18.9 Å². The van der Waals surface area contributed by atoms with Crippen LogP contribution in [-0.2, 0) is 12.6 Å². The summed E-state index contributed by atoms with van der Waals surface area (Å²) in [6.07, 6.45) is -3.73. The third-order valence-corrected chi connectivity index (χ3v) is 4.12. The van der Waals surface area contributed by atoms with Crippen molar-refractivity contribution in [2.24, 2.45) is 0 Å². The number of alkyl halides is 3. The highest BCUT2D eigenvalue weighted by Crippen LogP contribution is 2.42. The molecule has 0 fully saturated rings. The lowest BCUT2D eigenvalue weighted by molar-refractivity contribution is -0.138. The molecule has 0 amide bonds. The van der Waals surface area contributed by atoms with Gasteiger partial charge in [-0.1, -0.05) is 30.3 Å². The predicted octanol–water partition coefficient (Wildman–Crippen LogP) is 5.03. The number of fused-ring (bicyclic) bond motifs is 1. The first kappa shape index (κ1) is 14.0. The summed E-state index contributed by atoms with van der Waals surface area (Å²) in [5, 5.41) is 3.27. The molecule has 0 spiro atoms. The second-order valence-corrected chi connectivity index (χ2v) is 5.54. The summed E-state index contributed by atoms with van der Waals surface area (Å²) in [6.45, 7) is 3.97. The molecule has 1 nitrogen and oxygen atoms in total. The van der Waals surface area contributed by atoms with Gasteiger partial charge in [-0.15, -0.1) is 0 Å². The lowest BCUT2D eigenvalue weighted by Gasteiger charge is -2.18. The van der Waals surface area contributed by atoms with Crippen LogP contribution < -0.4 is 5.32 Å². The van der Waals surface area contributed by atoms with Crippen molar-refractivity contribution in [2.75, 3.05) is 5.32 Å². The van der Waals surface area contributed by atoms with E-state index in [0.717, 1.165) is 28.4 Å². The number of hydrogen-bond acceptors (Lipinski definition) is 1. The first-order chi connectivity index (χ1) is 9.88. The highest BCUT2D eigenvalue weighted by molar-refractivity contribution is 5.65. The van der Waals surface area contributed by atoms with E-state index in [4.69, 9.17) is 0 Å². The molecule has 0 aromatic heterocycles. The SMILES string of the molecule is Cc1ccc(C)c2c1CC(c1ccccc1C(F)(F)F)N2. The summed E-state index contributed by atoms with van der Waals surface area (Å²) in [4.78, 5) is 0. The molecule has 1 N–H and O–H groups in total. The molecule has 0 radical (unpaired) electrons. The van der Waals surface area contributed by atoms with E-state index in [2.05, 4.69) is 5.32 Å². The number of nitrogens with one attached hydrogen (secondary N) is 1. The molecule has 2 aromatic rings. The average Bonchev–Trinajstić information content (AvgIpc) is 2.88. The molecule has 1 aliphatic heterocycles. The fraction of sp³-hybridized carbons (Fsp3) is 0.294. The summed E-state index contributed by atoms with van der Waals surface area (Å²) in [7, 11) is 0. The molecule has 0 aliphatic carbocycles. The Kier molecular flexibility index (Phi) is 3.19. The van der Waals surface area contributed by atoms with Crippen LogP contribution in [0.1, 0.15) is 33.9 Å². The number of anilines is 1. The Bertz CT molecular complexity index is 658. The largest absolute Gasteiger partial charge is 0.416 e. The standard InChI is InChI=1S/C17H16F3N/c1-10-7-8-11(2)16-13(10)9-15(21-16)12-5-3-4-6-14(12)17(18,19)20/h3-8,15,21H,9H2,1-2H3. The summed E-state index contributed by atoms with van der Waals surface area (Å²) < 4.78 is 39.5. The van der Waals surface area contributed by atoms with Crippen molar-refractivity contribution in [1.82, 2.24) is 0 Å². The topological polar surface area (TPSA) is 12.0 Å². The average molecular weight is 291 g/mol. The van der Waals surface area contributed by atoms with Gasteiger partial charge < -0.3 is 5.32 Å². The van der Waals surface area contributed by atoms with Crippen LogP contribution in [0.15, 0.2) is 36.4 Å². The van der Waals surface area contributed by atoms with Crippen molar-refractivity contribution in [3.8, 4) is 0 Å². The Morgan fingerprint density at radius 2 is 1.67 bits per heavy atom. The van der Waals surface area contributed by atoms with Crippen LogP contribution in [0, 0.1) is 13.8 Å². The zero-order chi connectivity index (χ0) is 15.2. The lowest BCUT2D eigenvalue weighted by Crippen LogP contribution is -2.15. The van der Waals surface area contributed by atoms with Crippen molar-refractivity contribution in [2.45, 2.75) is 32.5 Å². The second kappa shape index (κ2) is 4.79. The van der Waals surface area contributed by atoms with E-state index < -0.39 is 11.7 Å². The predicted molar refractivity (Wildman–Crippen MR) is 77.4 cm³/mol. The van der Waals surface area contributed by atoms with Crippen molar-refractivity contribution in [3.05, 3.63) is 64.2 Å². The maximum atomic E-state index is 13.2. The van der Waals surface area contributed by atoms with Gasteiger partial charge >= 0.3 is 6.18 Å². The minimum Gasteiger partial charge on any atom is -0.377 e. The quantitative estimate of drug-likeness (QED) is 0.777. The molecule has 1 unspecified atom stereocenters. The first-order valence-electron chi connectivity index (χ1n) is 6.89. The van der Waals surface area contributed by atoms with Gasteiger partial charge in [0.15, 0.2) is 0 Å². The molecule has 3 rings (SSSR count). The van der Waals surface area contributed by atoms with E-state index >= 15 is 0 Å². The molecule has 1 aliphatic rings. The third kappa shape index (κ3) is 2.39. The molecule has 2 aromatic carbocycles. The zero-order valence-electron chi connectivity index (χ0n) is 11.9. The number of rotatable bonds is 1. The minimum absolute atomic E-state index is 0.319. The van der Waals surface area contributed by atoms with Gasteiger partial charge in [-0.05, 0) is 48.6 Å². The Labute approximate surface area is 121 Å². The fourth-order valence-corrected chi connectivity index (χ4v) is 3.01. The Morgan fingerprint density at radius 3 is 2.33 bits per heavy atom. The Morgan fingerprint density at radius 1 is 1.00 bits per heavy atom. The van der Waals surface area contributed by atoms with E-state index in [1.807, 2.05) is 26.0 Å². The second-order valence-electron chi connectivity index (χ2n) is 5.54. The normalized spacial score (nSPS) is 17.5. The molecule has 0 bridgehead atoms. The summed E-state index contributed by atoms with van der Waals surface area (Å²) in [5.41, 5.74) is 4.07. The van der Waals surface area contributed by atoms with E-state index in [1.165, 1.54) is 6.07 Å². The molecular weight excluding hydrogens is 275 g/mol. The first-order valence-corrected chi connectivity index (χ1v) is 6.89. The Hall–Kier alpha value is -1.97. The van der Waals surface area contributed by atoms with Gasteiger partial charge in [-0.3, -0.25) is 0 Å². The summed E-state index contributed by atoms with van der Waals surface area (Å²) in [6, 6.07) is 9.52. The van der Waals surface area contributed by atoms with Crippen molar-refractivity contribution < 1.29 is 13.2 Å². The van der Waals surface area contributed by atoms with Gasteiger partial charge in [0.1, 0.15) is 0 Å². The fourth-order valence-electron chi connectivity index (χ4n) is 3.01. The van der Waals surface area contributed by atoms with Gasteiger partial charge in [0.05, 0.1) is 11.6 Å². The van der Waals surface area contributed by atoms with Crippen LogP contribution >= 0.6 is 0 Å². The zero-order valence-corrected chi connectivity index (χ0v) is 11.9. The van der Waals surface area contributed by atoms with Crippen molar-refractivity contribution in [3.63, 3.8) is 0 Å².